The van der Waals surface area contributed by atoms with Crippen molar-refractivity contribution in [3.63, 3.8) is 0 Å². The van der Waals surface area contributed by atoms with E-state index in [1.165, 1.54) is 47.2 Å². The largest absolute Gasteiger partial charge is 0.408 e. The lowest BCUT2D eigenvalue weighted by atomic mass is 10.1. The summed E-state index contributed by atoms with van der Waals surface area (Å²) < 4.78 is 58.1. The highest BCUT2D eigenvalue weighted by atomic mass is 79.9. The molecule has 0 aliphatic carbocycles. The minimum absolute atomic E-state index is 0.0408. The second-order valence-electron chi connectivity index (χ2n) is 11.3. The van der Waals surface area contributed by atoms with E-state index in [0.717, 1.165) is 19.3 Å². The van der Waals surface area contributed by atoms with E-state index in [1.54, 1.807) is 30.0 Å². The number of nitrogens with one attached hydrogen (secondary N) is 1. The molecule has 0 bridgehead atoms. The van der Waals surface area contributed by atoms with Gasteiger partial charge in [0.2, 0.25) is 0 Å². The molecular weight excluding hydrogens is 708 g/mol. The molecule has 0 fully saturated rings. The van der Waals surface area contributed by atoms with E-state index in [4.69, 9.17) is 11.6 Å². The summed E-state index contributed by atoms with van der Waals surface area (Å²) in [6.07, 6.45) is -3.26. The summed E-state index contributed by atoms with van der Waals surface area (Å²) >= 11 is 9.61. The van der Waals surface area contributed by atoms with Crippen molar-refractivity contribution in [3.05, 3.63) is 115 Å². The molecule has 2 aromatic heterocycles. The summed E-state index contributed by atoms with van der Waals surface area (Å²) in [4.78, 5) is 43.3. The Morgan fingerprint density at radius 2 is 1.89 bits per heavy atom. The van der Waals surface area contributed by atoms with E-state index in [-0.39, 0.29) is 58.7 Å². The van der Waals surface area contributed by atoms with Crippen molar-refractivity contribution in [2.45, 2.75) is 52.2 Å². The van der Waals surface area contributed by atoms with Crippen LogP contribution in [0.25, 0.3) is 16.6 Å². The molecule has 1 atom stereocenters. The van der Waals surface area contributed by atoms with Crippen LogP contribution in [-0.4, -0.2) is 47.8 Å². The molecule has 5 aromatic rings. The van der Waals surface area contributed by atoms with Crippen LogP contribution in [0.4, 0.5) is 17.6 Å². The molecule has 0 radical (unpaired) electrons. The molecule has 244 valence electrons. The molecule has 3 heterocycles. The van der Waals surface area contributed by atoms with Gasteiger partial charge in [-0.1, -0.05) is 33.6 Å². The van der Waals surface area contributed by atoms with Crippen LogP contribution in [0.3, 0.4) is 0 Å². The number of imidazole rings is 1. The fourth-order valence-electron chi connectivity index (χ4n) is 5.77. The van der Waals surface area contributed by atoms with Crippen LogP contribution in [0, 0.1) is 12.7 Å². The van der Waals surface area contributed by atoms with Gasteiger partial charge in [-0.05, 0) is 67.9 Å². The Kier molecular flexibility index (Phi) is 8.51. The number of aromatic nitrogens is 4. The van der Waals surface area contributed by atoms with Gasteiger partial charge < -0.3 is 10.2 Å². The molecule has 0 saturated carbocycles. The zero-order valence-electron chi connectivity index (χ0n) is 24.9. The third-order valence-electron chi connectivity index (χ3n) is 8.12. The van der Waals surface area contributed by atoms with Crippen molar-refractivity contribution in [1.29, 1.82) is 0 Å². The number of fused-ring (bicyclic) bond motifs is 2. The van der Waals surface area contributed by atoms with Gasteiger partial charge in [0.15, 0.2) is 0 Å². The van der Waals surface area contributed by atoms with Gasteiger partial charge >= 0.3 is 11.9 Å². The number of halogens is 6. The van der Waals surface area contributed by atoms with E-state index >= 15 is 0 Å². The second kappa shape index (κ2) is 12.3. The number of carbonyl (C=O) groups is 2. The number of nitrogens with zero attached hydrogens (tertiary/aromatic N) is 5. The smallest absolute Gasteiger partial charge is 0.346 e. The van der Waals surface area contributed by atoms with Crippen molar-refractivity contribution >= 4 is 50.2 Å². The summed E-state index contributed by atoms with van der Waals surface area (Å²) in [6.45, 7) is 2.00. The first-order chi connectivity index (χ1) is 22.2. The number of hydrogen-bond donors (Lipinski definition) is 1. The van der Waals surface area contributed by atoms with Crippen molar-refractivity contribution in [2.24, 2.45) is 0 Å². The van der Waals surface area contributed by atoms with E-state index in [9.17, 15) is 31.9 Å². The Morgan fingerprint density at radius 1 is 1.13 bits per heavy atom. The van der Waals surface area contributed by atoms with Crippen LogP contribution in [0.2, 0.25) is 5.02 Å². The summed E-state index contributed by atoms with van der Waals surface area (Å²) in [5.41, 5.74) is 1.23. The highest BCUT2D eigenvalue weighted by Crippen LogP contribution is 2.28. The molecule has 47 heavy (non-hydrogen) atoms. The normalized spacial score (nSPS) is 14.8. The Balaban J connectivity index is 1.45. The third-order valence-corrected chi connectivity index (χ3v) is 9.37. The van der Waals surface area contributed by atoms with Crippen molar-refractivity contribution in [2.75, 3.05) is 0 Å². The van der Waals surface area contributed by atoms with E-state index < -0.39 is 36.2 Å². The highest BCUT2D eigenvalue weighted by molar-refractivity contribution is 9.10. The molecule has 0 saturated heterocycles. The molecule has 1 N–H and O–H groups in total. The van der Waals surface area contributed by atoms with Gasteiger partial charge in [0, 0.05) is 45.1 Å². The maximum Gasteiger partial charge on any atom is 0.408 e. The Bertz CT molecular complexity index is 2100. The van der Waals surface area contributed by atoms with Gasteiger partial charge in [-0.2, -0.15) is 18.3 Å². The summed E-state index contributed by atoms with van der Waals surface area (Å²) in [5, 5.41) is 6.91. The zero-order chi connectivity index (χ0) is 33.8. The van der Waals surface area contributed by atoms with Gasteiger partial charge in [-0.3, -0.25) is 23.4 Å². The summed E-state index contributed by atoms with van der Waals surface area (Å²) in [7, 11) is 0. The SMILES string of the molecule is Cc1cc(C(=O)N2Cc3c(C(=O)NCc4c(F)cccc4Cl)n(-c4ccc5c(cnn5CC(F)(F)F)c4)c(=O)n3C[C@H]2C)ccc1Br. The predicted octanol–water partition coefficient (Wildman–Crippen LogP) is 6.39. The molecule has 3 aromatic carbocycles. The van der Waals surface area contributed by atoms with Crippen LogP contribution in [0.5, 0.6) is 0 Å². The minimum atomic E-state index is -4.50. The van der Waals surface area contributed by atoms with Crippen molar-refractivity contribution in [3.8, 4) is 5.69 Å². The maximum atomic E-state index is 14.6. The average molecular weight is 734 g/mol. The number of carbonyl (C=O) groups excluding carboxylic acids is 2. The molecule has 1 aliphatic heterocycles. The third kappa shape index (κ3) is 6.19. The first kappa shape index (κ1) is 32.5. The Hall–Kier alpha value is -4.43. The van der Waals surface area contributed by atoms with E-state index in [1.807, 2.05) is 6.92 Å². The standard InChI is InChI=1S/C32H26BrClF4N6O3/c1-17-10-19(6-8-23(17)33)30(46)41-15-27-28(29(45)39-13-22-24(34)4-3-5-25(22)35)44(31(47)42(27)14-18(41)2)21-7-9-26-20(11-21)12-40-43(26)16-32(36,37)38/h3-12,18H,13-16H2,1-2H3,(H,39,45)/t18-/m1/s1. The zero-order valence-corrected chi connectivity index (χ0v) is 27.2. The molecule has 1 aliphatic rings. The fourth-order valence-corrected chi connectivity index (χ4v) is 6.24. The molecule has 0 unspecified atom stereocenters. The van der Waals surface area contributed by atoms with Crippen LogP contribution >= 0.6 is 27.5 Å². The number of hydrogen-bond acceptors (Lipinski definition) is 4. The number of amides is 2. The first-order valence-electron chi connectivity index (χ1n) is 14.4. The predicted molar refractivity (Wildman–Crippen MR) is 170 cm³/mol. The molecule has 2 amide bonds. The quantitative estimate of drug-likeness (QED) is 0.205. The number of alkyl halides is 3. The van der Waals surface area contributed by atoms with Gasteiger partial charge in [0.1, 0.15) is 18.1 Å². The van der Waals surface area contributed by atoms with Crippen molar-refractivity contribution < 1.29 is 27.2 Å². The monoisotopic (exact) mass is 732 g/mol. The first-order valence-corrected chi connectivity index (χ1v) is 15.6. The van der Waals surface area contributed by atoms with Crippen LogP contribution in [-0.2, 0) is 26.2 Å². The summed E-state index contributed by atoms with van der Waals surface area (Å²) in [5.74, 6) is -1.68. The maximum absolute atomic E-state index is 14.6. The minimum Gasteiger partial charge on any atom is -0.346 e. The number of aryl methyl sites for hydroxylation is 1. The summed E-state index contributed by atoms with van der Waals surface area (Å²) in [6, 6.07) is 13.1. The lowest BCUT2D eigenvalue weighted by Gasteiger charge is -2.34. The fraction of sp³-hybridized carbons (Fsp3) is 0.250. The lowest BCUT2D eigenvalue weighted by Crippen LogP contribution is -2.47. The van der Waals surface area contributed by atoms with E-state index in [2.05, 4.69) is 26.3 Å². The molecule has 0 spiro atoms. The van der Waals surface area contributed by atoms with Gasteiger partial charge in [0.25, 0.3) is 11.8 Å². The topological polar surface area (TPSA) is 94.2 Å². The average Bonchev–Trinajstić information content (AvgIpc) is 3.53. The van der Waals surface area contributed by atoms with Crippen LogP contribution in [0.1, 0.15) is 44.6 Å². The molecule has 6 rings (SSSR count). The highest BCUT2D eigenvalue weighted by Gasteiger charge is 2.36. The Labute approximate surface area is 278 Å². The van der Waals surface area contributed by atoms with Crippen LogP contribution < -0.4 is 11.0 Å². The van der Waals surface area contributed by atoms with Crippen molar-refractivity contribution in [1.82, 2.24) is 29.1 Å². The van der Waals surface area contributed by atoms with Gasteiger partial charge in [-0.15, -0.1) is 0 Å². The van der Waals surface area contributed by atoms with Gasteiger partial charge in [-0.25, -0.2) is 9.18 Å². The number of rotatable bonds is 6. The molecule has 9 nitrogen and oxygen atoms in total. The lowest BCUT2D eigenvalue weighted by molar-refractivity contribution is -0.141. The number of benzene rings is 3. The second-order valence-corrected chi connectivity index (χ2v) is 12.6. The molecule has 15 heteroatoms. The van der Waals surface area contributed by atoms with E-state index in [0.29, 0.717) is 10.9 Å². The Morgan fingerprint density at radius 3 is 2.60 bits per heavy atom. The van der Waals surface area contributed by atoms with Crippen LogP contribution in [0.15, 0.2) is 70.1 Å². The van der Waals surface area contributed by atoms with Gasteiger partial charge in [0.05, 0.1) is 29.6 Å². The molecular formula is C32H26BrClF4N6O3.